The lowest BCUT2D eigenvalue weighted by Crippen LogP contribution is -2.11. The molecule has 0 saturated carbocycles. The molecule has 11 aromatic rings. The van der Waals surface area contributed by atoms with Gasteiger partial charge in [-0.15, -0.1) is 11.3 Å². The van der Waals surface area contributed by atoms with Crippen LogP contribution in [0.25, 0.3) is 80.7 Å². The molecule has 0 atom stereocenters. The molecule has 258 valence electrons. The van der Waals surface area contributed by atoms with Gasteiger partial charge < -0.3 is 9.47 Å². The van der Waals surface area contributed by atoms with Crippen LogP contribution in [0.4, 0.5) is 17.1 Å². The summed E-state index contributed by atoms with van der Waals surface area (Å²) in [5.74, 6) is 0. The standard InChI is InChI=1S/C52H34N2S/c1-2-15-36(16-3-1)41-18-6-10-22-47(41)53(39-28-26-35-14-4-5-17-37(35)32-39)40-29-30-44-43-20-8-12-24-49(43)54(50(44)34-40)48-23-11-7-19-42(48)38-27-31-52-46(33-38)45-21-9-13-25-51(45)55-52/h1-34H. The highest BCUT2D eigenvalue weighted by atomic mass is 32.1. The summed E-state index contributed by atoms with van der Waals surface area (Å²) in [6.07, 6.45) is 0. The third-order valence-corrected chi connectivity index (χ3v) is 12.1. The van der Waals surface area contributed by atoms with Crippen molar-refractivity contribution in [3.63, 3.8) is 0 Å². The van der Waals surface area contributed by atoms with E-state index in [0.717, 1.165) is 28.3 Å². The lowest BCUT2D eigenvalue weighted by molar-refractivity contribution is 1.18. The van der Waals surface area contributed by atoms with Crippen LogP contribution in [0.3, 0.4) is 0 Å². The molecule has 0 saturated heterocycles. The maximum atomic E-state index is 2.47. The van der Waals surface area contributed by atoms with Gasteiger partial charge in [-0.2, -0.15) is 0 Å². The van der Waals surface area contributed by atoms with Crippen molar-refractivity contribution in [2.45, 2.75) is 0 Å². The first-order valence-electron chi connectivity index (χ1n) is 18.8. The van der Waals surface area contributed by atoms with E-state index in [9.17, 15) is 0 Å². The minimum absolute atomic E-state index is 1.10. The molecule has 0 aliphatic carbocycles. The molecule has 0 aliphatic rings. The number of thiophene rings is 1. The fraction of sp³-hybridized carbons (Fsp3) is 0. The summed E-state index contributed by atoms with van der Waals surface area (Å²) >= 11 is 1.86. The number of para-hydroxylation sites is 3. The molecule has 11 rings (SSSR count). The van der Waals surface area contributed by atoms with Gasteiger partial charge in [-0.05, 0) is 82.6 Å². The average molecular weight is 719 g/mol. The molecule has 0 amide bonds. The molecule has 0 fully saturated rings. The minimum atomic E-state index is 1.10. The maximum Gasteiger partial charge on any atom is 0.0562 e. The first-order chi connectivity index (χ1) is 27.3. The Hall–Kier alpha value is -6.94. The molecule has 0 bridgehead atoms. The van der Waals surface area contributed by atoms with Crippen molar-refractivity contribution >= 4 is 81.1 Å². The number of benzene rings is 9. The predicted octanol–water partition coefficient (Wildman–Crippen LogP) is 15.1. The fourth-order valence-electron chi connectivity index (χ4n) is 8.44. The largest absolute Gasteiger partial charge is 0.310 e. The first kappa shape index (κ1) is 31.6. The SMILES string of the molecule is c1ccc(-c2ccccc2N(c2ccc3ccccc3c2)c2ccc3c4ccccc4n(-c4ccccc4-c4ccc5sc6ccccc6c5c4)c3c2)cc1. The topological polar surface area (TPSA) is 8.17 Å². The van der Waals surface area contributed by atoms with Crippen molar-refractivity contribution in [1.29, 1.82) is 0 Å². The molecule has 2 heterocycles. The van der Waals surface area contributed by atoms with Crippen LogP contribution in [0.5, 0.6) is 0 Å². The van der Waals surface area contributed by atoms with E-state index in [0.29, 0.717) is 0 Å². The van der Waals surface area contributed by atoms with Crippen LogP contribution >= 0.6 is 11.3 Å². The molecule has 0 radical (unpaired) electrons. The molecule has 9 aromatic carbocycles. The van der Waals surface area contributed by atoms with E-state index in [-0.39, 0.29) is 0 Å². The first-order valence-corrected chi connectivity index (χ1v) is 19.6. The number of nitrogens with zero attached hydrogens (tertiary/aromatic N) is 2. The summed E-state index contributed by atoms with van der Waals surface area (Å²) in [5.41, 5.74) is 11.6. The second-order valence-electron chi connectivity index (χ2n) is 14.1. The predicted molar refractivity (Wildman–Crippen MR) is 237 cm³/mol. The molecular formula is C52H34N2S. The molecule has 0 unspecified atom stereocenters. The molecular weight excluding hydrogens is 685 g/mol. The summed E-state index contributed by atoms with van der Waals surface area (Å²) in [5, 5.41) is 7.52. The highest BCUT2D eigenvalue weighted by molar-refractivity contribution is 7.25. The summed E-state index contributed by atoms with van der Waals surface area (Å²) in [6, 6.07) is 75.3. The second-order valence-corrected chi connectivity index (χ2v) is 15.2. The van der Waals surface area contributed by atoms with Crippen LogP contribution in [0.1, 0.15) is 0 Å². The highest BCUT2D eigenvalue weighted by Gasteiger charge is 2.21. The second kappa shape index (κ2) is 12.9. The molecule has 3 heteroatoms. The normalized spacial score (nSPS) is 11.6. The monoisotopic (exact) mass is 718 g/mol. The van der Waals surface area contributed by atoms with Gasteiger partial charge in [-0.3, -0.25) is 0 Å². The van der Waals surface area contributed by atoms with Gasteiger partial charge in [0.1, 0.15) is 0 Å². The van der Waals surface area contributed by atoms with Crippen molar-refractivity contribution in [1.82, 2.24) is 4.57 Å². The number of hydrogen-bond acceptors (Lipinski definition) is 2. The highest BCUT2D eigenvalue weighted by Crippen LogP contribution is 2.45. The molecule has 0 aliphatic heterocycles. The molecule has 2 nitrogen and oxygen atoms in total. The van der Waals surface area contributed by atoms with Gasteiger partial charge in [-0.1, -0.05) is 146 Å². The number of anilines is 3. The summed E-state index contributed by atoms with van der Waals surface area (Å²) in [6.45, 7) is 0. The van der Waals surface area contributed by atoms with Gasteiger partial charge in [0.2, 0.25) is 0 Å². The molecule has 2 aromatic heterocycles. The molecule has 55 heavy (non-hydrogen) atoms. The number of hydrogen-bond donors (Lipinski definition) is 0. The number of rotatable bonds is 6. The Labute approximate surface area is 323 Å². The zero-order valence-electron chi connectivity index (χ0n) is 29.9. The van der Waals surface area contributed by atoms with Crippen LogP contribution in [0.2, 0.25) is 0 Å². The number of aromatic nitrogens is 1. The third-order valence-electron chi connectivity index (χ3n) is 11.0. The summed E-state index contributed by atoms with van der Waals surface area (Å²) in [4.78, 5) is 2.43. The van der Waals surface area contributed by atoms with E-state index in [1.54, 1.807) is 0 Å². The lowest BCUT2D eigenvalue weighted by atomic mass is 10.0. The van der Waals surface area contributed by atoms with Gasteiger partial charge in [0.15, 0.2) is 0 Å². The van der Waals surface area contributed by atoms with Crippen LogP contribution < -0.4 is 4.90 Å². The zero-order valence-corrected chi connectivity index (χ0v) is 30.7. The van der Waals surface area contributed by atoms with Crippen LogP contribution in [0.15, 0.2) is 206 Å². The maximum absolute atomic E-state index is 2.47. The van der Waals surface area contributed by atoms with E-state index < -0.39 is 0 Å². The van der Waals surface area contributed by atoms with Gasteiger partial charge in [0.25, 0.3) is 0 Å². The Morgan fingerprint density at radius 3 is 1.93 bits per heavy atom. The van der Waals surface area contributed by atoms with Crippen molar-refractivity contribution in [2.24, 2.45) is 0 Å². The molecule has 0 N–H and O–H groups in total. The van der Waals surface area contributed by atoms with Crippen molar-refractivity contribution in [2.75, 3.05) is 4.90 Å². The Morgan fingerprint density at radius 2 is 1.02 bits per heavy atom. The quantitative estimate of drug-likeness (QED) is 0.166. The summed E-state index contributed by atoms with van der Waals surface area (Å²) in [7, 11) is 0. The Bertz CT molecular complexity index is 3220. The Kier molecular flexibility index (Phi) is 7.39. The van der Waals surface area contributed by atoms with E-state index in [2.05, 4.69) is 216 Å². The van der Waals surface area contributed by atoms with Crippen molar-refractivity contribution < 1.29 is 0 Å². The van der Waals surface area contributed by atoms with E-state index >= 15 is 0 Å². The van der Waals surface area contributed by atoms with Gasteiger partial charge >= 0.3 is 0 Å². The van der Waals surface area contributed by atoms with Crippen LogP contribution in [-0.2, 0) is 0 Å². The van der Waals surface area contributed by atoms with Gasteiger partial charge in [0, 0.05) is 53.4 Å². The van der Waals surface area contributed by atoms with Crippen molar-refractivity contribution in [3.8, 4) is 27.9 Å². The lowest BCUT2D eigenvalue weighted by Gasteiger charge is -2.28. The Balaban J connectivity index is 1.16. The molecule has 0 spiro atoms. The summed E-state index contributed by atoms with van der Waals surface area (Å²) < 4.78 is 5.11. The van der Waals surface area contributed by atoms with E-state index in [1.165, 1.54) is 69.5 Å². The van der Waals surface area contributed by atoms with Gasteiger partial charge in [0.05, 0.1) is 22.4 Å². The zero-order chi connectivity index (χ0) is 36.3. The fourth-order valence-corrected chi connectivity index (χ4v) is 9.52. The number of fused-ring (bicyclic) bond motifs is 7. The Morgan fingerprint density at radius 1 is 0.364 bits per heavy atom. The smallest absolute Gasteiger partial charge is 0.0562 e. The van der Waals surface area contributed by atoms with Gasteiger partial charge in [-0.25, -0.2) is 0 Å². The van der Waals surface area contributed by atoms with Crippen molar-refractivity contribution in [3.05, 3.63) is 206 Å². The third kappa shape index (κ3) is 5.24. The van der Waals surface area contributed by atoms with Crippen LogP contribution in [0, 0.1) is 0 Å². The average Bonchev–Trinajstić information content (AvgIpc) is 3.79. The van der Waals surface area contributed by atoms with E-state index in [1.807, 2.05) is 11.3 Å². The van der Waals surface area contributed by atoms with Crippen LogP contribution in [-0.4, -0.2) is 4.57 Å². The minimum Gasteiger partial charge on any atom is -0.310 e. The van der Waals surface area contributed by atoms with E-state index in [4.69, 9.17) is 0 Å².